The van der Waals surface area contributed by atoms with Crippen molar-refractivity contribution < 1.29 is 18.9 Å². The van der Waals surface area contributed by atoms with Gasteiger partial charge in [-0.2, -0.15) is 0 Å². The SMILES string of the molecule is CC1(C)O[C@@H]2[C@H](I)[C@@H](OCc3ccccc3)OC[C@@H]2O1. The lowest BCUT2D eigenvalue weighted by atomic mass is 10.1. The molecule has 0 unspecified atom stereocenters. The smallest absolute Gasteiger partial charge is 0.172 e. The second kappa shape index (κ2) is 5.88. The Bertz CT molecular complexity index is 450. The van der Waals surface area contributed by atoms with Crippen LogP contribution in [0.4, 0.5) is 0 Å². The maximum atomic E-state index is 5.96. The normalized spacial score (nSPS) is 35.8. The highest BCUT2D eigenvalue weighted by molar-refractivity contribution is 14.1. The molecule has 0 spiro atoms. The maximum absolute atomic E-state index is 5.96. The van der Waals surface area contributed by atoms with Gasteiger partial charge < -0.3 is 18.9 Å². The summed E-state index contributed by atoms with van der Waals surface area (Å²) in [5.74, 6) is -0.531. The van der Waals surface area contributed by atoms with Crippen LogP contribution in [0.3, 0.4) is 0 Å². The Labute approximate surface area is 132 Å². The van der Waals surface area contributed by atoms with Crippen molar-refractivity contribution in [2.24, 2.45) is 0 Å². The number of hydrogen-bond acceptors (Lipinski definition) is 4. The maximum Gasteiger partial charge on any atom is 0.172 e. The minimum Gasteiger partial charge on any atom is -0.349 e. The molecule has 0 aliphatic carbocycles. The number of halogens is 1. The van der Waals surface area contributed by atoms with Gasteiger partial charge in [0.1, 0.15) is 12.2 Å². The first-order chi connectivity index (χ1) is 9.55. The highest BCUT2D eigenvalue weighted by Crippen LogP contribution is 2.37. The summed E-state index contributed by atoms with van der Waals surface area (Å²) in [6.07, 6.45) is -0.224. The van der Waals surface area contributed by atoms with Crippen LogP contribution >= 0.6 is 22.6 Å². The summed E-state index contributed by atoms with van der Waals surface area (Å²) in [4.78, 5) is 0. The van der Waals surface area contributed by atoms with Gasteiger partial charge in [-0.3, -0.25) is 0 Å². The fourth-order valence-electron chi connectivity index (χ4n) is 2.59. The summed E-state index contributed by atoms with van der Waals surface area (Å²) in [7, 11) is 0. The van der Waals surface area contributed by atoms with E-state index in [1.165, 1.54) is 0 Å². The van der Waals surface area contributed by atoms with Crippen molar-refractivity contribution in [2.45, 2.75) is 48.7 Å². The molecule has 2 saturated heterocycles. The second-order valence-corrected chi connectivity index (χ2v) is 7.02. The van der Waals surface area contributed by atoms with Gasteiger partial charge in [0.15, 0.2) is 12.1 Å². The van der Waals surface area contributed by atoms with Crippen LogP contribution in [0, 0.1) is 0 Å². The van der Waals surface area contributed by atoms with Crippen LogP contribution < -0.4 is 0 Å². The molecule has 0 radical (unpaired) electrons. The largest absolute Gasteiger partial charge is 0.349 e. The van der Waals surface area contributed by atoms with Crippen LogP contribution in [0.25, 0.3) is 0 Å². The minimum absolute atomic E-state index is 0.00322. The minimum atomic E-state index is -0.531. The number of fused-ring (bicyclic) bond motifs is 1. The van der Waals surface area contributed by atoms with E-state index in [0.717, 1.165) is 5.56 Å². The van der Waals surface area contributed by atoms with E-state index in [9.17, 15) is 0 Å². The van der Waals surface area contributed by atoms with Crippen molar-refractivity contribution in [1.29, 1.82) is 0 Å². The quantitative estimate of drug-likeness (QED) is 0.588. The monoisotopic (exact) mass is 390 g/mol. The Hall–Kier alpha value is -0.210. The number of benzene rings is 1. The van der Waals surface area contributed by atoms with Gasteiger partial charge in [-0.15, -0.1) is 0 Å². The summed E-state index contributed by atoms with van der Waals surface area (Å²) in [5, 5.41) is 0. The van der Waals surface area contributed by atoms with E-state index in [4.69, 9.17) is 18.9 Å². The summed E-state index contributed by atoms with van der Waals surface area (Å²) in [6.45, 7) is 4.95. The molecular formula is C15H19IO4. The first-order valence-corrected chi connectivity index (χ1v) is 8.06. The van der Waals surface area contributed by atoms with Gasteiger partial charge in [-0.1, -0.05) is 52.9 Å². The molecule has 2 fully saturated rings. The Balaban J connectivity index is 1.59. The Morgan fingerprint density at radius 2 is 2.00 bits per heavy atom. The van der Waals surface area contributed by atoms with Gasteiger partial charge in [0, 0.05) is 0 Å². The van der Waals surface area contributed by atoms with Gasteiger partial charge in [0.05, 0.1) is 17.1 Å². The lowest BCUT2D eigenvalue weighted by Crippen LogP contribution is -2.49. The zero-order valence-electron chi connectivity index (χ0n) is 11.6. The first-order valence-electron chi connectivity index (χ1n) is 6.82. The zero-order valence-corrected chi connectivity index (χ0v) is 13.8. The fourth-order valence-corrected chi connectivity index (χ4v) is 3.62. The van der Waals surface area contributed by atoms with Crippen molar-refractivity contribution in [2.75, 3.05) is 6.61 Å². The average Bonchev–Trinajstić information content (AvgIpc) is 2.75. The molecule has 20 heavy (non-hydrogen) atoms. The Kier molecular flexibility index (Phi) is 4.33. The van der Waals surface area contributed by atoms with E-state index in [0.29, 0.717) is 13.2 Å². The van der Waals surface area contributed by atoms with Crippen molar-refractivity contribution in [3.05, 3.63) is 35.9 Å². The third-order valence-electron chi connectivity index (χ3n) is 3.48. The molecule has 1 aromatic carbocycles. The van der Waals surface area contributed by atoms with Crippen LogP contribution in [-0.4, -0.2) is 34.8 Å². The summed E-state index contributed by atoms with van der Waals surface area (Å²) >= 11 is 2.34. The predicted molar refractivity (Wildman–Crippen MR) is 82.6 cm³/mol. The zero-order chi connectivity index (χ0) is 14.2. The highest BCUT2D eigenvalue weighted by atomic mass is 127. The van der Waals surface area contributed by atoms with E-state index in [-0.39, 0.29) is 22.4 Å². The Morgan fingerprint density at radius 3 is 2.75 bits per heavy atom. The van der Waals surface area contributed by atoms with E-state index in [2.05, 4.69) is 22.6 Å². The Morgan fingerprint density at radius 1 is 1.25 bits per heavy atom. The molecule has 4 nitrogen and oxygen atoms in total. The molecule has 110 valence electrons. The van der Waals surface area contributed by atoms with E-state index in [1.807, 2.05) is 44.2 Å². The van der Waals surface area contributed by atoms with Gasteiger partial charge in [0.2, 0.25) is 0 Å². The standard InChI is InChI=1S/C15H19IO4/c1-15(2)19-11-9-18-14(12(16)13(11)20-15)17-8-10-6-4-3-5-7-10/h3-7,11-14H,8-9H2,1-2H3/t11-,12-,13-,14-/m0/s1. The molecular weight excluding hydrogens is 371 g/mol. The fraction of sp³-hybridized carbons (Fsp3) is 0.600. The number of hydrogen-bond donors (Lipinski definition) is 0. The van der Waals surface area contributed by atoms with Crippen LogP contribution in [0.15, 0.2) is 30.3 Å². The van der Waals surface area contributed by atoms with E-state index < -0.39 is 5.79 Å². The van der Waals surface area contributed by atoms with E-state index >= 15 is 0 Å². The van der Waals surface area contributed by atoms with Crippen LogP contribution in [-0.2, 0) is 25.6 Å². The molecule has 1 aromatic rings. The third kappa shape index (κ3) is 3.17. The van der Waals surface area contributed by atoms with E-state index in [1.54, 1.807) is 0 Å². The van der Waals surface area contributed by atoms with Crippen molar-refractivity contribution in [1.82, 2.24) is 0 Å². The summed E-state index contributed by atoms with van der Waals surface area (Å²) < 4.78 is 23.6. The average molecular weight is 390 g/mol. The summed E-state index contributed by atoms with van der Waals surface area (Å²) in [6, 6.07) is 10.1. The molecule has 2 heterocycles. The molecule has 0 N–H and O–H groups in total. The predicted octanol–water partition coefficient (Wildman–Crippen LogP) is 2.88. The van der Waals surface area contributed by atoms with Crippen LogP contribution in [0.1, 0.15) is 19.4 Å². The van der Waals surface area contributed by atoms with Crippen LogP contribution in [0.5, 0.6) is 0 Å². The molecule has 2 aliphatic heterocycles. The topological polar surface area (TPSA) is 36.9 Å². The molecule has 0 saturated carbocycles. The summed E-state index contributed by atoms with van der Waals surface area (Å²) in [5.41, 5.74) is 1.14. The highest BCUT2D eigenvalue weighted by Gasteiger charge is 2.50. The molecule has 2 aliphatic rings. The van der Waals surface area contributed by atoms with Gasteiger partial charge >= 0.3 is 0 Å². The van der Waals surface area contributed by atoms with Gasteiger partial charge in [-0.05, 0) is 19.4 Å². The molecule has 3 rings (SSSR count). The lowest BCUT2D eigenvalue weighted by molar-refractivity contribution is -0.193. The number of rotatable bonds is 3. The number of ether oxygens (including phenoxy) is 4. The van der Waals surface area contributed by atoms with Crippen molar-refractivity contribution >= 4 is 22.6 Å². The van der Waals surface area contributed by atoms with Gasteiger partial charge in [-0.25, -0.2) is 0 Å². The molecule has 4 atom stereocenters. The second-order valence-electron chi connectivity index (χ2n) is 5.58. The third-order valence-corrected chi connectivity index (χ3v) is 4.77. The lowest BCUT2D eigenvalue weighted by Gasteiger charge is -2.34. The number of alkyl halides is 1. The first kappa shape index (κ1) is 14.7. The van der Waals surface area contributed by atoms with Crippen molar-refractivity contribution in [3.8, 4) is 0 Å². The van der Waals surface area contributed by atoms with Gasteiger partial charge in [0.25, 0.3) is 0 Å². The molecule has 0 aromatic heterocycles. The molecule has 0 amide bonds. The van der Waals surface area contributed by atoms with Crippen molar-refractivity contribution in [3.63, 3.8) is 0 Å². The van der Waals surface area contributed by atoms with Crippen LogP contribution in [0.2, 0.25) is 0 Å². The molecule has 0 bridgehead atoms. The molecule has 5 heteroatoms.